The Kier molecular flexibility index (Phi) is 5.48. The van der Waals surface area contributed by atoms with E-state index >= 15 is 0 Å². The number of rotatable bonds is 5. The summed E-state index contributed by atoms with van der Waals surface area (Å²) in [6.07, 6.45) is 5.28. The molecule has 3 aliphatic rings. The fourth-order valence-electron chi connectivity index (χ4n) is 4.39. The predicted molar refractivity (Wildman–Crippen MR) is 111 cm³/mol. The Labute approximate surface area is 180 Å². The summed E-state index contributed by atoms with van der Waals surface area (Å²) in [7, 11) is 0. The number of ether oxygens (including phenoxy) is 1. The molecule has 0 bridgehead atoms. The molecule has 2 fully saturated rings. The molecule has 1 saturated heterocycles. The highest BCUT2D eigenvalue weighted by Gasteiger charge is 2.32. The molecule has 0 radical (unpaired) electrons. The van der Waals surface area contributed by atoms with Gasteiger partial charge in [-0.15, -0.1) is 0 Å². The van der Waals surface area contributed by atoms with Gasteiger partial charge in [0.15, 0.2) is 5.69 Å². The first-order valence-corrected chi connectivity index (χ1v) is 11.1. The smallest absolute Gasteiger partial charge is 0.274 e. The van der Waals surface area contributed by atoms with Crippen LogP contribution in [0.25, 0.3) is 0 Å². The van der Waals surface area contributed by atoms with Gasteiger partial charge in [-0.25, -0.2) is 9.37 Å². The third-order valence-electron chi connectivity index (χ3n) is 6.59. The molecule has 164 valence electrons. The third-order valence-corrected chi connectivity index (χ3v) is 6.59. The van der Waals surface area contributed by atoms with Gasteiger partial charge in [-0.2, -0.15) is 0 Å². The lowest BCUT2D eigenvalue weighted by molar-refractivity contribution is -0.126. The van der Waals surface area contributed by atoms with E-state index in [1.54, 1.807) is 23.4 Å². The zero-order valence-electron chi connectivity index (χ0n) is 17.4. The zero-order valence-corrected chi connectivity index (χ0v) is 17.4. The summed E-state index contributed by atoms with van der Waals surface area (Å²) in [5.74, 6) is 0.397. The van der Waals surface area contributed by atoms with Crippen molar-refractivity contribution in [3.8, 4) is 0 Å². The molecule has 2 aliphatic heterocycles. The van der Waals surface area contributed by atoms with Crippen molar-refractivity contribution < 1.29 is 18.7 Å². The van der Waals surface area contributed by atoms with Gasteiger partial charge in [0.2, 0.25) is 5.91 Å². The number of amides is 2. The minimum atomic E-state index is -0.278. The van der Waals surface area contributed by atoms with Crippen LogP contribution >= 0.6 is 0 Å². The Bertz CT molecular complexity index is 962. The van der Waals surface area contributed by atoms with E-state index in [9.17, 15) is 14.0 Å². The molecule has 7 nitrogen and oxygen atoms in total. The van der Waals surface area contributed by atoms with Crippen molar-refractivity contribution in [2.75, 3.05) is 19.6 Å². The molecule has 1 atom stereocenters. The normalized spacial score (nSPS) is 21.6. The van der Waals surface area contributed by atoms with Crippen LogP contribution in [-0.4, -0.2) is 45.9 Å². The fraction of sp³-hybridized carbons (Fsp3) is 0.522. The van der Waals surface area contributed by atoms with Crippen molar-refractivity contribution in [2.45, 2.75) is 44.9 Å². The van der Waals surface area contributed by atoms with Crippen LogP contribution in [0.5, 0.6) is 0 Å². The molecule has 1 N–H and O–H groups in total. The SMILES string of the molecule is O=C(NCC1CC1)C1CCN(C(=O)c2ncn3c2CO[C@@H](c2ccc(F)cc2)C3)CC1. The van der Waals surface area contributed by atoms with Gasteiger partial charge in [-0.3, -0.25) is 9.59 Å². The van der Waals surface area contributed by atoms with Gasteiger partial charge in [0.1, 0.15) is 11.9 Å². The van der Waals surface area contributed by atoms with Crippen LogP contribution < -0.4 is 5.32 Å². The summed E-state index contributed by atoms with van der Waals surface area (Å²) < 4.78 is 21.1. The molecule has 8 heteroatoms. The molecular weight excluding hydrogens is 399 g/mol. The number of hydrogen-bond acceptors (Lipinski definition) is 4. The van der Waals surface area contributed by atoms with Crippen LogP contribution in [0.3, 0.4) is 0 Å². The molecule has 5 rings (SSSR count). The number of nitrogens with one attached hydrogen (secondary N) is 1. The summed E-state index contributed by atoms with van der Waals surface area (Å²) >= 11 is 0. The monoisotopic (exact) mass is 426 g/mol. The lowest BCUT2D eigenvalue weighted by Gasteiger charge is -2.31. The van der Waals surface area contributed by atoms with Crippen LogP contribution in [0.4, 0.5) is 4.39 Å². The summed E-state index contributed by atoms with van der Waals surface area (Å²) in [6, 6.07) is 6.29. The summed E-state index contributed by atoms with van der Waals surface area (Å²) in [4.78, 5) is 31.6. The number of fused-ring (bicyclic) bond motifs is 1. The highest BCUT2D eigenvalue weighted by Crippen LogP contribution is 2.30. The van der Waals surface area contributed by atoms with Gasteiger partial charge in [0, 0.05) is 25.6 Å². The van der Waals surface area contributed by atoms with E-state index in [2.05, 4.69) is 10.3 Å². The number of imidazole rings is 1. The average molecular weight is 426 g/mol. The Morgan fingerprint density at radius 3 is 2.58 bits per heavy atom. The van der Waals surface area contributed by atoms with E-state index in [0.29, 0.717) is 44.1 Å². The topological polar surface area (TPSA) is 76.5 Å². The first-order chi connectivity index (χ1) is 15.1. The highest BCUT2D eigenvalue weighted by molar-refractivity contribution is 5.93. The third kappa shape index (κ3) is 4.35. The zero-order chi connectivity index (χ0) is 21.4. The molecule has 0 unspecified atom stereocenters. The number of aromatic nitrogens is 2. The Hall–Kier alpha value is -2.74. The second-order valence-corrected chi connectivity index (χ2v) is 8.80. The molecule has 1 aliphatic carbocycles. The Balaban J connectivity index is 1.19. The number of piperidine rings is 1. The standard InChI is InChI=1S/C23H27FN4O3/c24-18-5-3-16(4-6-18)20-12-28-14-26-21(19(28)13-31-20)23(30)27-9-7-17(8-10-27)22(29)25-11-15-1-2-15/h3-6,14-15,17,20H,1-2,7-13H2,(H,25,29)/t20-/m1/s1. The fourth-order valence-corrected chi connectivity index (χ4v) is 4.39. The average Bonchev–Trinajstić information content (AvgIpc) is 3.54. The summed E-state index contributed by atoms with van der Waals surface area (Å²) in [5.41, 5.74) is 2.09. The number of nitrogens with zero attached hydrogens (tertiary/aromatic N) is 3. The van der Waals surface area contributed by atoms with E-state index in [1.165, 1.54) is 25.0 Å². The maximum atomic E-state index is 13.2. The lowest BCUT2D eigenvalue weighted by Crippen LogP contribution is -2.43. The largest absolute Gasteiger partial charge is 0.365 e. The van der Waals surface area contributed by atoms with Crippen LogP contribution in [0.1, 0.15) is 53.5 Å². The minimum absolute atomic E-state index is 0.0153. The number of halogens is 1. The predicted octanol–water partition coefficient (Wildman–Crippen LogP) is 2.67. The molecular formula is C23H27FN4O3. The summed E-state index contributed by atoms with van der Waals surface area (Å²) in [5, 5.41) is 3.05. The maximum absolute atomic E-state index is 13.2. The minimum Gasteiger partial charge on any atom is -0.365 e. The number of benzene rings is 1. The quantitative estimate of drug-likeness (QED) is 0.798. The number of hydrogen-bond donors (Lipinski definition) is 1. The molecule has 2 amide bonds. The molecule has 1 aromatic heterocycles. The van der Waals surface area contributed by atoms with Crippen molar-refractivity contribution in [2.24, 2.45) is 11.8 Å². The Morgan fingerprint density at radius 2 is 1.87 bits per heavy atom. The summed E-state index contributed by atoms with van der Waals surface area (Å²) in [6.45, 7) is 2.72. The number of likely N-dealkylation sites (tertiary alicyclic amines) is 1. The first kappa shape index (κ1) is 20.2. The first-order valence-electron chi connectivity index (χ1n) is 11.1. The second kappa shape index (κ2) is 8.42. The van der Waals surface area contributed by atoms with Crippen molar-refractivity contribution in [1.82, 2.24) is 19.8 Å². The van der Waals surface area contributed by atoms with Crippen LogP contribution in [-0.2, 0) is 22.7 Å². The van der Waals surface area contributed by atoms with Gasteiger partial charge in [0.25, 0.3) is 5.91 Å². The van der Waals surface area contributed by atoms with Crippen molar-refractivity contribution in [1.29, 1.82) is 0 Å². The second-order valence-electron chi connectivity index (χ2n) is 8.80. The Morgan fingerprint density at radius 1 is 1.13 bits per heavy atom. The molecule has 3 heterocycles. The van der Waals surface area contributed by atoms with Crippen LogP contribution in [0, 0.1) is 17.7 Å². The number of carbonyl (C=O) groups is 2. The van der Waals surface area contributed by atoms with E-state index in [0.717, 1.165) is 17.8 Å². The van der Waals surface area contributed by atoms with Gasteiger partial charge in [-0.05, 0) is 49.3 Å². The van der Waals surface area contributed by atoms with Gasteiger partial charge < -0.3 is 19.5 Å². The van der Waals surface area contributed by atoms with Crippen LogP contribution in [0.2, 0.25) is 0 Å². The molecule has 1 aromatic carbocycles. The molecule has 0 spiro atoms. The van der Waals surface area contributed by atoms with E-state index < -0.39 is 0 Å². The van der Waals surface area contributed by atoms with Crippen LogP contribution in [0.15, 0.2) is 30.6 Å². The molecule has 1 saturated carbocycles. The maximum Gasteiger partial charge on any atom is 0.274 e. The number of carbonyl (C=O) groups excluding carboxylic acids is 2. The van der Waals surface area contributed by atoms with E-state index in [-0.39, 0.29) is 36.3 Å². The van der Waals surface area contributed by atoms with Crippen molar-refractivity contribution in [3.63, 3.8) is 0 Å². The van der Waals surface area contributed by atoms with Gasteiger partial charge in [-0.1, -0.05) is 12.1 Å². The van der Waals surface area contributed by atoms with Crippen molar-refractivity contribution >= 4 is 11.8 Å². The molecule has 2 aromatic rings. The lowest BCUT2D eigenvalue weighted by atomic mass is 9.95. The van der Waals surface area contributed by atoms with E-state index in [4.69, 9.17) is 4.74 Å². The molecule has 31 heavy (non-hydrogen) atoms. The highest BCUT2D eigenvalue weighted by atomic mass is 19.1. The van der Waals surface area contributed by atoms with E-state index in [1.807, 2.05) is 4.57 Å². The van der Waals surface area contributed by atoms with Gasteiger partial charge >= 0.3 is 0 Å². The van der Waals surface area contributed by atoms with Gasteiger partial charge in [0.05, 0.1) is 25.2 Å². The van der Waals surface area contributed by atoms with Crippen molar-refractivity contribution in [3.05, 3.63) is 53.4 Å².